The molecule has 150 valence electrons. The van der Waals surface area contributed by atoms with Crippen LogP contribution in [0.2, 0.25) is 0 Å². The lowest BCUT2D eigenvalue weighted by Crippen LogP contribution is -2.44. The minimum Gasteiger partial charge on any atom is -0.481 e. The molecule has 4 nitrogen and oxygen atoms in total. The molecule has 4 heteroatoms. The van der Waals surface area contributed by atoms with Crippen LogP contribution in [0.3, 0.4) is 0 Å². The summed E-state index contributed by atoms with van der Waals surface area (Å²) in [7, 11) is 0. The summed E-state index contributed by atoms with van der Waals surface area (Å²) in [6, 6.07) is 0. The van der Waals surface area contributed by atoms with E-state index in [0.29, 0.717) is 5.41 Å². The molecular formula is C22H39NO3. The van der Waals surface area contributed by atoms with Gasteiger partial charge in [-0.05, 0) is 37.5 Å². The molecule has 0 aromatic carbocycles. The standard InChI is InChI=1S/C22H39NO3/c24-20(25)10-15-23-19-21(13-16-26-17-14-21)18-22(23)11-8-6-4-2-1-3-5-7-9-12-22/h1-19H2,(H,24,25). The van der Waals surface area contributed by atoms with Gasteiger partial charge in [-0.15, -0.1) is 0 Å². The lowest BCUT2D eigenvalue weighted by molar-refractivity contribution is -0.137. The van der Waals surface area contributed by atoms with Gasteiger partial charge in [0.2, 0.25) is 0 Å². The van der Waals surface area contributed by atoms with Crippen LogP contribution >= 0.6 is 0 Å². The van der Waals surface area contributed by atoms with Gasteiger partial charge >= 0.3 is 5.97 Å². The van der Waals surface area contributed by atoms with Crippen molar-refractivity contribution in [2.45, 2.75) is 102 Å². The van der Waals surface area contributed by atoms with Gasteiger partial charge in [0, 0.05) is 31.8 Å². The van der Waals surface area contributed by atoms with E-state index in [1.54, 1.807) is 0 Å². The van der Waals surface area contributed by atoms with Crippen molar-refractivity contribution in [1.29, 1.82) is 0 Å². The molecule has 2 heterocycles. The highest BCUT2D eigenvalue weighted by molar-refractivity contribution is 5.66. The van der Waals surface area contributed by atoms with Crippen molar-refractivity contribution in [3.8, 4) is 0 Å². The summed E-state index contributed by atoms with van der Waals surface area (Å²) in [5, 5.41) is 9.27. The number of hydrogen-bond acceptors (Lipinski definition) is 3. The van der Waals surface area contributed by atoms with Crippen molar-refractivity contribution in [2.24, 2.45) is 5.41 Å². The van der Waals surface area contributed by atoms with Crippen LogP contribution in [0.5, 0.6) is 0 Å². The first kappa shape index (κ1) is 20.1. The highest BCUT2D eigenvalue weighted by Gasteiger charge is 2.52. The molecule has 0 aromatic rings. The van der Waals surface area contributed by atoms with Crippen molar-refractivity contribution < 1.29 is 14.6 Å². The summed E-state index contributed by atoms with van der Waals surface area (Å²) in [5.74, 6) is -0.652. The molecule has 2 saturated heterocycles. The molecule has 1 saturated carbocycles. The molecule has 0 radical (unpaired) electrons. The second-order valence-electron chi connectivity index (χ2n) is 9.26. The molecule has 0 aromatic heterocycles. The van der Waals surface area contributed by atoms with Crippen LogP contribution < -0.4 is 0 Å². The van der Waals surface area contributed by atoms with Crippen LogP contribution in [-0.2, 0) is 9.53 Å². The first-order chi connectivity index (χ1) is 12.6. The van der Waals surface area contributed by atoms with Gasteiger partial charge in [-0.3, -0.25) is 9.69 Å². The Morgan fingerprint density at radius 3 is 1.92 bits per heavy atom. The number of hydrogen-bond donors (Lipinski definition) is 1. The Hall–Kier alpha value is -0.610. The minimum atomic E-state index is -0.652. The molecule has 3 aliphatic rings. The molecular weight excluding hydrogens is 326 g/mol. The Balaban J connectivity index is 1.74. The SMILES string of the molecule is O=C(O)CCN1CC2(CCOCC2)CC12CCCCCCCCCCC2. The predicted octanol–water partition coefficient (Wildman–Crippen LogP) is 5.01. The lowest BCUT2D eigenvalue weighted by Gasteiger charge is -2.40. The van der Waals surface area contributed by atoms with E-state index in [-0.39, 0.29) is 12.0 Å². The first-order valence-corrected chi connectivity index (χ1v) is 11.2. The molecule has 2 spiro atoms. The average Bonchev–Trinajstić information content (AvgIpc) is 2.90. The van der Waals surface area contributed by atoms with E-state index in [1.807, 2.05) is 0 Å². The fraction of sp³-hybridized carbons (Fsp3) is 0.955. The first-order valence-electron chi connectivity index (χ1n) is 11.2. The number of carboxylic acid groups (broad SMARTS) is 1. The number of likely N-dealkylation sites (tertiary alicyclic amines) is 1. The third kappa shape index (κ3) is 5.22. The van der Waals surface area contributed by atoms with Crippen molar-refractivity contribution >= 4 is 5.97 Å². The van der Waals surface area contributed by atoms with Crippen LogP contribution in [0, 0.1) is 5.41 Å². The summed E-state index contributed by atoms with van der Waals surface area (Å²) < 4.78 is 5.66. The van der Waals surface area contributed by atoms with Crippen LogP contribution in [0.25, 0.3) is 0 Å². The molecule has 0 unspecified atom stereocenters. The highest BCUT2D eigenvalue weighted by atomic mass is 16.5. The molecule has 3 rings (SSSR count). The number of carbonyl (C=O) groups is 1. The molecule has 0 atom stereocenters. The van der Waals surface area contributed by atoms with Crippen molar-refractivity contribution in [1.82, 2.24) is 4.90 Å². The minimum absolute atomic E-state index is 0.256. The van der Waals surface area contributed by atoms with E-state index in [0.717, 1.165) is 26.3 Å². The van der Waals surface area contributed by atoms with E-state index in [1.165, 1.54) is 89.9 Å². The highest BCUT2D eigenvalue weighted by Crippen LogP contribution is 2.51. The molecule has 3 fully saturated rings. The van der Waals surface area contributed by atoms with Crippen LogP contribution in [0.4, 0.5) is 0 Å². The Morgan fingerprint density at radius 1 is 0.846 bits per heavy atom. The van der Waals surface area contributed by atoms with Gasteiger partial charge in [0.1, 0.15) is 0 Å². The quantitative estimate of drug-likeness (QED) is 0.764. The topological polar surface area (TPSA) is 49.8 Å². The molecule has 0 bridgehead atoms. The van der Waals surface area contributed by atoms with Gasteiger partial charge in [0.25, 0.3) is 0 Å². The third-order valence-corrected chi connectivity index (χ3v) is 7.33. The summed E-state index contributed by atoms with van der Waals surface area (Å²) >= 11 is 0. The maximum Gasteiger partial charge on any atom is 0.304 e. The Kier molecular flexibility index (Phi) is 7.39. The number of carboxylic acids is 1. The van der Waals surface area contributed by atoms with Crippen LogP contribution in [0.15, 0.2) is 0 Å². The Morgan fingerprint density at radius 2 is 1.38 bits per heavy atom. The van der Waals surface area contributed by atoms with Gasteiger partial charge in [-0.25, -0.2) is 0 Å². The van der Waals surface area contributed by atoms with E-state index < -0.39 is 5.97 Å². The smallest absolute Gasteiger partial charge is 0.304 e. The molecule has 2 aliphatic heterocycles. The number of rotatable bonds is 3. The predicted molar refractivity (Wildman–Crippen MR) is 104 cm³/mol. The number of ether oxygens (including phenoxy) is 1. The zero-order chi connectivity index (χ0) is 18.3. The Labute approximate surface area is 159 Å². The largest absolute Gasteiger partial charge is 0.481 e. The van der Waals surface area contributed by atoms with Crippen molar-refractivity contribution in [3.63, 3.8) is 0 Å². The van der Waals surface area contributed by atoms with Crippen molar-refractivity contribution in [3.05, 3.63) is 0 Å². The van der Waals surface area contributed by atoms with E-state index >= 15 is 0 Å². The fourth-order valence-electron chi connectivity index (χ4n) is 5.89. The van der Waals surface area contributed by atoms with Gasteiger partial charge in [-0.1, -0.05) is 57.8 Å². The second kappa shape index (κ2) is 9.54. The monoisotopic (exact) mass is 365 g/mol. The maximum absolute atomic E-state index is 11.3. The average molecular weight is 366 g/mol. The summed E-state index contributed by atoms with van der Waals surface area (Å²) in [6.07, 6.45) is 18.8. The van der Waals surface area contributed by atoms with Crippen LogP contribution in [-0.4, -0.2) is 47.8 Å². The van der Waals surface area contributed by atoms with Gasteiger partial charge in [-0.2, -0.15) is 0 Å². The number of nitrogens with zero attached hydrogens (tertiary/aromatic N) is 1. The lowest BCUT2D eigenvalue weighted by atomic mass is 9.72. The van der Waals surface area contributed by atoms with Crippen LogP contribution in [0.1, 0.15) is 96.3 Å². The van der Waals surface area contributed by atoms with E-state index in [2.05, 4.69) is 4.90 Å². The second-order valence-corrected chi connectivity index (χ2v) is 9.26. The molecule has 0 amide bonds. The maximum atomic E-state index is 11.3. The van der Waals surface area contributed by atoms with Gasteiger partial charge in [0.15, 0.2) is 0 Å². The zero-order valence-electron chi connectivity index (χ0n) is 16.6. The normalized spacial score (nSPS) is 27.8. The third-order valence-electron chi connectivity index (χ3n) is 7.33. The number of aliphatic carboxylic acids is 1. The van der Waals surface area contributed by atoms with Crippen molar-refractivity contribution in [2.75, 3.05) is 26.3 Å². The fourth-order valence-corrected chi connectivity index (χ4v) is 5.89. The summed E-state index contributed by atoms with van der Waals surface area (Å²) in [6.45, 7) is 3.62. The Bertz CT molecular complexity index is 433. The zero-order valence-corrected chi connectivity index (χ0v) is 16.6. The summed E-state index contributed by atoms with van der Waals surface area (Å²) in [4.78, 5) is 13.9. The molecule has 1 N–H and O–H groups in total. The van der Waals surface area contributed by atoms with E-state index in [9.17, 15) is 9.90 Å². The molecule has 26 heavy (non-hydrogen) atoms. The van der Waals surface area contributed by atoms with Gasteiger partial charge in [0.05, 0.1) is 6.42 Å². The van der Waals surface area contributed by atoms with Gasteiger partial charge < -0.3 is 9.84 Å². The van der Waals surface area contributed by atoms with E-state index in [4.69, 9.17) is 4.74 Å². The summed E-state index contributed by atoms with van der Waals surface area (Å²) in [5.41, 5.74) is 0.639. The molecule has 1 aliphatic carbocycles.